The zero-order valence-corrected chi connectivity index (χ0v) is 15.8. The molecule has 0 N–H and O–H groups in total. The molecule has 1 nitrogen and oxygen atoms in total. The maximum absolute atomic E-state index is 6.45. The van der Waals surface area contributed by atoms with Gasteiger partial charge in [-0.05, 0) is 37.0 Å². The van der Waals surface area contributed by atoms with Crippen LogP contribution in [0.4, 0.5) is 0 Å². The standard InChI is InChI=1S/C18H35ClO/c1-14(2)10-11-17(6,7)13-20-18(8,9)15(19)12-16(3,4)5/h12,14H,10-11,13H2,1-9H3/b15-12-. The molecule has 0 heterocycles. The van der Waals surface area contributed by atoms with Gasteiger partial charge in [0.25, 0.3) is 0 Å². The minimum absolute atomic E-state index is 0.0743. The van der Waals surface area contributed by atoms with Crippen LogP contribution in [-0.2, 0) is 4.74 Å². The Morgan fingerprint density at radius 1 is 1.05 bits per heavy atom. The molecule has 0 aliphatic heterocycles. The summed E-state index contributed by atoms with van der Waals surface area (Å²) in [5.74, 6) is 0.742. The lowest BCUT2D eigenvalue weighted by molar-refractivity contribution is -0.0315. The normalized spacial score (nSPS) is 15.1. The van der Waals surface area contributed by atoms with Gasteiger partial charge in [0, 0.05) is 5.03 Å². The maximum Gasteiger partial charge on any atom is 0.0977 e. The molecule has 0 radical (unpaired) electrons. The van der Waals surface area contributed by atoms with Gasteiger partial charge in [0.1, 0.15) is 0 Å². The van der Waals surface area contributed by atoms with Gasteiger partial charge in [0.15, 0.2) is 0 Å². The largest absolute Gasteiger partial charge is 0.369 e. The highest BCUT2D eigenvalue weighted by Crippen LogP contribution is 2.33. The van der Waals surface area contributed by atoms with Gasteiger partial charge in [-0.3, -0.25) is 0 Å². The van der Waals surface area contributed by atoms with Gasteiger partial charge >= 0.3 is 0 Å². The van der Waals surface area contributed by atoms with Gasteiger partial charge in [-0.2, -0.15) is 0 Å². The highest BCUT2D eigenvalue weighted by Gasteiger charge is 2.28. The fraction of sp³-hybridized carbons (Fsp3) is 0.889. The smallest absolute Gasteiger partial charge is 0.0977 e. The highest BCUT2D eigenvalue weighted by molar-refractivity contribution is 6.30. The van der Waals surface area contributed by atoms with Crippen LogP contribution < -0.4 is 0 Å². The van der Waals surface area contributed by atoms with Crippen molar-refractivity contribution in [3.63, 3.8) is 0 Å². The molecule has 0 fully saturated rings. The van der Waals surface area contributed by atoms with Gasteiger partial charge < -0.3 is 4.74 Å². The molecule has 0 spiro atoms. The fourth-order valence-electron chi connectivity index (χ4n) is 1.75. The minimum Gasteiger partial charge on any atom is -0.369 e. The average Bonchev–Trinajstić information content (AvgIpc) is 2.22. The molecular weight excluding hydrogens is 268 g/mol. The van der Waals surface area contributed by atoms with Crippen LogP contribution in [0.2, 0.25) is 0 Å². The van der Waals surface area contributed by atoms with Gasteiger partial charge in [0.05, 0.1) is 12.2 Å². The average molecular weight is 303 g/mol. The Morgan fingerprint density at radius 3 is 1.95 bits per heavy atom. The van der Waals surface area contributed by atoms with Crippen molar-refractivity contribution in [3.05, 3.63) is 11.1 Å². The van der Waals surface area contributed by atoms with Crippen LogP contribution >= 0.6 is 11.6 Å². The summed E-state index contributed by atoms with van der Waals surface area (Å²) in [4.78, 5) is 0. The zero-order valence-electron chi connectivity index (χ0n) is 15.1. The van der Waals surface area contributed by atoms with E-state index in [1.54, 1.807) is 0 Å². The van der Waals surface area contributed by atoms with E-state index in [-0.39, 0.29) is 10.8 Å². The van der Waals surface area contributed by atoms with Gasteiger partial charge in [0.2, 0.25) is 0 Å². The summed E-state index contributed by atoms with van der Waals surface area (Å²) >= 11 is 6.45. The van der Waals surface area contributed by atoms with Crippen molar-refractivity contribution in [1.29, 1.82) is 0 Å². The molecule has 0 bridgehead atoms. The zero-order chi connectivity index (χ0) is 16.2. The van der Waals surface area contributed by atoms with Crippen LogP contribution in [0.15, 0.2) is 11.1 Å². The third kappa shape index (κ3) is 9.02. The predicted molar refractivity (Wildman–Crippen MR) is 91.3 cm³/mol. The Kier molecular flexibility index (Phi) is 7.31. The van der Waals surface area contributed by atoms with Crippen molar-refractivity contribution < 1.29 is 4.74 Å². The van der Waals surface area contributed by atoms with E-state index in [2.05, 4.69) is 68.4 Å². The summed E-state index contributed by atoms with van der Waals surface area (Å²) in [5, 5.41) is 0.796. The molecule has 0 aromatic carbocycles. The molecule has 0 aliphatic carbocycles. The summed E-state index contributed by atoms with van der Waals surface area (Å²) in [6.45, 7) is 20.4. The number of rotatable bonds is 7. The first-order valence-electron chi connectivity index (χ1n) is 7.78. The van der Waals surface area contributed by atoms with Crippen molar-refractivity contribution in [2.24, 2.45) is 16.7 Å². The Morgan fingerprint density at radius 2 is 1.55 bits per heavy atom. The Balaban J connectivity index is 4.58. The molecular formula is C18H35ClO. The molecule has 0 atom stereocenters. The van der Waals surface area contributed by atoms with Crippen LogP contribution in [0.5, 0.6) is 0 Å². The van der Waals surface area contributed by atoms with Crippen LogP contribution in [0.25, 0.3) is 0 Å². The number of hydrogen-bond donors (Lipinski definition) is 0. The van der Waals surface area contributed by atoms with E-state index in [1.165, 1.54) is 12.8 Å². The van der Waals surface area contributed by atoms with Crippen LogP contribution in [-0.4, -0.2) is 12.2 Å². The van der Waals surface area contributed by atoms with E-state index >= 15 is 0 Å². The lowest BCUT2D eigenvalue weighted by Gasteiger charge is -2.33. The Labute approximate surface area is 132 Å². The molecule has 0 aromatic heterocycles. The van der Waals surface area contributed by atoms with E-state index in [4.69, 9.17) is 16.3 Å². The number of halogens is 1. The fourth-order valence-corrected chi connectivity index (χ4v) is 2.13. The molecule has 0 aromatic rings. The number of ether oxygens (including phenoxy) is 1. The first-order valence-corrected chi connectivity index (χ1v) is 8.16. The predicted octanol–water partition coefficient (Wildman–Crippen LogP) is 6.41. The lowest BCUT2D eigenvalue weighted by Crippen LogP contribution is -2.32. The van der Waals surface area contributed by atoms with Crippen molar-refractivity contribution in [2.45, 2.75) is 80.8 Å². The van der Waals surface area contributed by atoms with Crippen LogP contribution in [0, 0.1) is 16.7 Å². The van der Waals surface area contributed by atoms with Gasteiger partial charge in [-0.25, -0.2) is 0 Å². The van der Waals surface area contributed by atoms with Gasteiger partial charge in [-0.15, -0.1) is 0 Å². The monoisotopic (exact) mass is 302 g/mol. The molecule has 120 valence electrons. The van der Waals surface area contributed by atoms with Crippen LogP contribution in [0.1, 0.15) is 75.2 Å². The van der Waals surface area contributed by atoms with Crippen molar-refractivity contribution in [2.75, 3.05) is 6.61 Å². The summed E-state index contributed by atoms with van der Waals surface area (Å²) < 4.78 is 6.13. The number of hydrogen-bond acceptors (Lipinski definition) is 1. The molecule has 0 unspecified atom stereocenters. The van der Waals surface area contributed by atoms with E-state index in [9.17, 15) is 0 Å². The second kappa shape index (κ2) is 7.31. The number of allylic oxidation sites excluding steroid dienone is 1. The second-order valence-electron chi connectivity index (χ2n) is 8.75. The summed E-state index contributed by atoms with van der Waals surface area (Å²) in [5.41, 5.74) is -0.144. The SMILES string of the molecule is CC(C)CCC(C)(C)COC(C)(C)/C(Cl)=C/C(C)(C)C. The van der Waals surface area contributed by atoms with Gasteiger partial charge in [-0.1, -0.05) is 72.6 Å². The molecule has 0 saturated carbocycles. The van der Waals surface area contributed by atoms with E-state index < -0.39 is 5.60 Å². The van der Waals surface area contributed by atoms with Crippen molar-refractivity contribution in [1.82, 2.24) is 0 Å². The van der Waals surface area contributed by atoms with E-state index in [0.717, 1.165) is 17.6 Å². The Bertz CT molecular complexity index is 319. The van der Waals surface area contributed by atoms with E-state index in [0.29, 0.717) is 0 Å². The third-order valence-electron chi connectivity index (χ3n) is 3.36. The van der Waals surface area contributed by atoms with Crippen molar-refractivity contribution >= 4 is 11.6 Å². The first kappa shape index (κ1) is 20.0. The maximum atomic E-state index is 6.45. The molecule has 0 saturated heterocycles. The lowest BCUT2D eigenvalue weighted by atomic mass is 9.86. The van der Waals surface area contributed by atoms with Crippen molar-refractivity contribution in [3.8, 4) is 0 Å². The minimum atomic E-state index is -0.413. The Hall–Kier alpha value is -0.0100. The molecule has 2 heteroatoms. The summed E-state index contributed by atoms with van der Waals surface area (Å²) in [6, 6.07) is 0. The molecule has 20 heavy (non-hydrogen) atoms. The topological polar surface area (TPSA) is 9.23 Å². The molecule has 0 amide bonds. The third-order valence-corrected chi connectivity index (χ3v) is 3.92. The molecule has 0 aliphatic rings. The second-order valence-corrected chi connectivity index (χ2v) is 9.16. The van der Waals surface area contributed by atoms with E-state index in [1.807, 2.05) is 0 Å². The highest BCUT2D eigenvalue weighted by atomic mass is 35.5. The summed E-state index contributed by atoms with van der Waals surface area (Å²) in [7, 11) is 0. The quantitative estimate of drug-likeness (QED) is 0.528. The first-order chi connectivity index (χ1) is 8.75. The summed E-state index contributed by atoms with van der Waals surface area (Å²) in [6.07, 6.45) is 4.51. The molecule has 0 rings (SSSR count). The van der Waals surface area contributed by atoms with Crippen LogP contribution in [0.3, 0.4) is 0 Å².